The summed E-state index contributed by atoms with van der Waals surface area (Å²) in [5, 5.41) is 0. The number of allylic oxidation sites excluding steroid dienone is 2. The van der Waals surface area contributed by atoms with Crippen LogP contribution in [-0.2, 0) is 9.59 Å². The van der Waals surface area contributed by atoms with Crippen molar-refractivity contribution in [2.75, 3.05) is 0 Å². The molecular formula is C8H9FO2. The van der Waals surface area contributed by atoms with Crippen LogP contribution >= 0.6 is 0 Å². The Balaban J connectivity index is 3.01. The number of carbonyl (C=O) groups is 2. The van der Waals surface area contributed by atoms with Crippen molar-refractivity contribution in [1.82, 2.24) is 0 Å². The van der Waals surface area contributed by atoms with Crippen molar-refractivity contribution in [2.24, 2.45) is 0 Å². The van der Waals surface area contributed by atoms with Gasteiger partial charge in [-0.25, -0.2) is 4.39 Å². The van der Waals surface area contributed by atoms with Crippen LogP contribution in [0.5, 0.6) is 0 Å². The number of hydrogen-bond donors (Lipinski definition) is 0. The fourth-order valence-corrected chi connectivity index (χ4v) is 1.19. The quantitative estimate of drug-likeness (QED) is 0.540. The van der Waals surface area contributed by atoms with E-state index >= 15 is 0 Å². The highest BCUT2D eigenvalue weighted by atomic mass is 19.1. The van der Waals surface area contributed by atoms with E-state index in [1.165, 1.54) is 6.92 Å². The molecule has 0 bridgehead atoms. The van der Waals surface area contributed by atoms with Crippen LogP contribution in [-0.4, -0.2) is 11.6 Å². The Bertz CT molecular complexity index is 240. The summed E-state index contributed by atoms with van der Waals surface area (Å²) in [7, 11) is 0. The van der Waals surface area contributed by atoms with Crippen molar-refractivity contribution in [3.63, 3.8) is 0 Å². The molecule has 11 heavy (non-hydrogen) atoms. The number of halogens is 1. The van der Waals surface area contributed by atoms with E-state index in [9.17, 15) is 14.0 Å². The molecule has 2 nitrogen and oxygen atoms in total. The summed E-state index contributed by atoms with van der Waals surface area (Å²) in [6, 6.07) is 0. The van der Waals surface area contributed by atoms with Gasteiger partial charge in [0.25, 0.3) is 0 Å². The van der Waals surface area contributed by atoms with Crippen LogP contribution in [0.25, 0.3) is 0 Å². The van der Waals surface area contributed by atoms with Gasteiger partial charge in [-0.3, -0.25) is 9.59 Å². The molecule has 1 aliphatic rings. The molecule has 0 aromatic heterocycles. The summed E-state index contributed by atoms with van der Waals surface area (Å²) in [5.74, 6) is -1.33. The molecule has 1 rings (SSSR count). The molecule has 0 radical (unpaired) electrons. The van der Waals surface area contributed by atoms with Gasteiger partial charge in [0.15, 0.2) is 11.6 Å². The van der Waals surface area contributed by atoms with E-state index < -0.39 is 11.6 Å². The third-order valence-corrected chi connectivity index (χ3v) is 1.70. The summed E-state index contributed by atoms with van der Waals surface area (Å²) in [6.07, 6.45) is 1.07. The first-order valence-corrected chi connectivity index (χ1v) is 3.55. The van der Waals surface area contributed by atoms with E-state index in [1.54, 1.807) is 0 Å². The van der Waals surface area contributed by atoms with Crippen LogP contribution in [0, 0.1) is 0 Å². The number of hydrogen-bond acceptors (Lipinski definition) is 2. The van der Waals surface area contributed by atoms with Crippen LogP contribution in [0.3, 0.4) is 0 Å². The fraction of sp³-hybridized carbons (Fsp3) is 0.500. The van der Waals surface area contributed by atoms with Gasteiger partial charge in [-0.15, -0.1) is 0 Å². The Morgan fingerprint density at radius 3 is 2.45 bits per heavy atom. The standard InChI is InChI=1S/C8H9FO2/c1-5(10)8-6(9)3-2-4-7(8)11/h2-4H2,1H3. The molecule has 0 unspecified atom stereocenters. The van der Waals surface area contributed by atoms with Gasteiger partial charge in [-0.1, -0.05) is 0 Å². The van der Waals surface area contributed by atoms with Crippen molar-refractivity contribution in [1.29, 1.82) is 0 Å². The van der Waals surface area contributed by atoms with Crippen molar-refractivity contribution in [3.8, 4) is 0 Å². The molecule has 0 spiro atoms. The van der Waals surface area contributed by atoms with Gasteiger partial charge in [0, 0.05) is 12.8 Å². The SMILES string of the molecule is CC(=O)C1=C(F)CCCC1=O. The average molecular weight is 156 g/mol. The van der Waals surface area contributed by atoms with Crippen LogP contribution in [0.4, 0.5) is 4.39 Å². The zero-order chi connectivity index (χ0) is 8.43. The Kier molecular flexibility index (Phi) is 2.17. The van der Waals surface area contributed by atoms with Crippen LogP contribution in [0.1, 0.15) is 26.2 Å². The minimum Gasteiger partial charge on any atom is -0.294 e. The van der Waals surface area contributed by atoms with Crippen molar-refractivity contribution in [2.45, 2.75) is 26.2 Å². The smallest absolute Gasteiger partial charge is 0.169 e. The lowest BCUT2D eigenvalue weighted by Crippen LogP contribution is -2.15. The Morgan fingerprint density at radius 2 is 2.09 bits per heavy atom. The van der Waals surface area contributed by atoms with Crippen molar-refractivity contribution < 1.29 is 14.0 Å². The zero-order valence-corrected chi connectivity index (χ0v) is 6.32. The maximum Gasteiger partial charge on any atom is 0.169 e. The summed E-state index contributed by atoms with van der Waals surface area (Å²) < 4.78 is 12.8. The minimum absolute atomic E-state index is 0.212. The largest absolute Gasteiger partial charge is 0.294 e. The lowest BCUT2D eigenvalue weighted by atomic mass is 9.95. The molecule has 0 aliphatic heterocycles. The molecule has 0 saturated heterocycles. The van der Waals surface area contributed by atoms with Gasteiger partial charge in [0.2, 0.25) is 0 Å². The predicted molar refractivity (Wildman–Crippen MR) is 37.7 cm³/mol. The normalized spacial score (nSPS) is 18.9. The Labute approximate surface area is 64.1 Å². The molecule has 60 valence electrons. The average Bonchev–Trinajstić information content (AvgIpc) is 1.85. The fourth-order valence-electron chi connectivity index (χ4n) is 1.19. The molecule has 3 heteroatoms. The van der Waals surface area contributed by atoms with Gasteiger partial charge in [0.05, 0.1) is 5.57 Å². The third kappa shape index (κ3) is 1.53. The van der Waals surface area contributed by atoms with Gasteiger partial charge in [-0.2, -0.15) is 0 Å². The third-order valence-electron chi connectivity index (χ3n) is 1.70. The van der Waals surface area contributed by atoms with Crippen molar-refractivity contribution >= 4 is 11.6 Å². The predicted octanol–water partition coefficient (Wildman–Crippen LogP) is 1.55. The van der Waals surface area contributed by atoms with E-state index in [0.717, 1.165) is 0 Å². The lowest BCUT2D eigenvalue weighted by Gasteiger charge is -2.10. The zero-order valence-electron chi connectivity index (χ0n) is 6.32. The van der Waals surface area contributed by atoms with Crippen LogP contribution < -0.4 is 0 Å². The van der Waals surface area contributed by atoms with E-state index in [2.05, 4.69) is 0 Å². The first-order chi connectivity index (χ1) is 5.13. The molecule has 0 aromatic carbocycles. The summed E-state index contributed by atoms with van der Waals surface area (Å²) in [4.78, 5) is 21.6. The first-order valence-electron chi connectivity index (χ1n) is 3.55. The maximum atomic E-state index is 12.8. The van der Waals surface area contributed by atoms with Gasteiger partial charge in [-0.05, 0) is 13.3 Å². The number of Topliss-reactive ketones (excluding diaryl/α,β-unsaturated/α-hetero) is 2. The summed E-state index contributed by atoms with van der Waals surface area (Å²) in [5.41, 5.74) is -0.212. The van der Waals surface area contributed by atoms with Gasteiger partial charge < -0.3 is 0 Å². The number of ketones is 2. The van der Waals surface area contributed by atoms with E-state index in [-0.39, 0.29) is 17.8 Å². The molecular weight excluding hydrogens is 147 g/mol. The second kappa shape index (κ2) is 2.95. The topological polar surface area (TPSA) is 34.1 Å². The molecule has 0 N–H and O–H groups in total. The molecule has 0 aromatic rings. The summed E-state index contributed by atoms with van der Waals surface area (Å²) in [6.45, 7) is 1.22. The number of rotatable bonds is 1. The Hall–Kier alpha value is -0.990. The van der Waals surface area contributed by atoms with E-state index in [4.69, 9.17) is 0 Å². The highest BCUT2D eigenvalue weighted by molar-refractivity contribution is 6.20. The van der Waals surface area contributed by atoms with Crippen molar-refractivity contribution in [3.05, 3.63) is 11.4 Å². The highest BCUT2D eigenvalue weighted by Crippen LogP contribution is 2.23. The molecule has 0 atom stereocenters. The molecule has 0 fully saturated rings. The highest BCUT2D eigenvalue weighted by Gasteiger charge is 2.23. The molecule has 0 saturated carbocycles. The number of carbonyl (C=O) groups excluding carboxylic acids is 2. The minimum atomic E-state index is -0.534. The second-order valence-electron chi connectivity index (χ2n) is 2.61. The van der Waals surface area contributed by atoms with E-state index in [0.29, 0.717) is 12.8 Å². The monoisotopic (exact) mass is 156 g/mol. The second-order valence-corrected chi connectivity index (χ2v) is 2.61. The van der Waals surface area contributed by atoms with Crippen LogP contribution in [0.15, 0.2) is 11.4 Å². The summed E-state index contributed by atoms with van der Waals surface area (Å²) >= 11 is 0. The first kappa shape index (κ1) is 8.11. The van der Waals surface area contributed by atoms with Gasteiger partial charge in [0.1, 0.15) is 5.83 Å². The molecule has 0 heterocycles. The van der Waals surface area contributed by atoms with E-state index in [1.807, 2.05) is 0 Å². The molecule has 1 aliphatic carbocycles. The van der Waals surface area contributed by atoms with Crippen LogP contribution in [0.2, 0.25) is 0 Å². The Morgan fingerprint density at radius 1 is 1.45 bits per heavy atom. The maximum absolute atomic E-state index is 12.8. The lowest BCUT2D eigenvalue weighted by molar-refractivity contribution is -0.121. The molecule has 0 amide bonds. The van der Waals surface area contributed by atoms with Gasteiger partial charge >= 0.3 is 0 Å².